The minimum absolute atomic E-state index is 0.132. The molecule has 3 rings (SSSR count). The molecule has 4 heteroatoms. The van der Waals surface area contributed by atoms with Gasteiger partial charge in [0.05, 0.1) is 11.4 Å². The van der Waals surface area contributed by atoms with Crippen LogP contribution < -0.4 is 4.90 Å². The van der Waals surface area contributed by atoms with Gasteiger partial charge < -0.3 is 5.11 Å². The molecular weight excluding hydrogens is 342 g/mol. The van der Waals surface area contributed by atoms with Crippen molar-refractivity contribution in [2.45, 2.75) is 68.6 Å². The first-order valence-corrected chi connectivity index (χ1v) is 10.1. The second-order valence-electron chi connectivity index (χ2n) is 7.84. The van der Waals surface area contributed by atoms with Gasteiger partial charge in [-0.1, -0.05) is 70.5 Å². The molecule has 0 saturated heterocycles. The van der Waals surface area contributed by atoms with Crippen LogP contribution in [0.1, 0.15) is 58.1 Å². The molecule has 138 valence electrons. The molecule has 0 aromatic heterocycles. The molecule has 2 aromatic rings. The Hall–Kier alpha value is -1.94. The lowest BCUT2D eigenvalue weighted by Gasteiger charge is -2.36. The molecule has 1 aliphatic heterocycles. The highest BCUT2D eigenvalue weighted by molar-refractivity contribution is 7.99. The predicted octanol–water partition coefficient (Wildman–Crippen LogP) is 7.00. The highest BCUT2D eigenvalue weighted by atomic mass is 32.2. The van der Waals surface area contributed by atoms with E-state index in [9.17, 15) is 9.90 Å². The van der Waals surface area contributed by atoms with E-state index in [0.717, 1.165) is 39.6 Å². The Bertz CT molecular complexity index is 823. The summed E-state index contributed by atoms with van der Waals surface area (Å²) in [5.41, 5.74) is 3.91. The van der Waals surface area contributed by atoms with Crippen molar-refractivity contribution in [3.63, 3.8) is 0 Å². The van der Waals surface area contributed by atoms with E-state index < -0.39 is 6.09 Å². The van der Waals surface area contributed by atoms with Crippen molar-refractivity contribution in [3.05, 3.63) is 47.5 Å². The summed E-state index contributed by atoms with van der Waals surface area (Å²) in [5, 5.41) is 10.0. The van der Waals surface area contributed by atoms with Gasteiger partial charge in [-0.15, -0.1) is 0 Å². The Morgan fingerprint density at radius 1 is 1.08 bits per heavy atom. The Morgan fingerprint density at radius 2 is 1.81 bits per heavy atom. The van der Waals surface area contributed by atoms with Crippen LogP contribution in [0.3, 0.4) is 0 Å². The summed E-state index contributed by atoms with van der Waals surface area (Å²) in [5.74, 6) is 0. The quantitative estimate of drug-likeness (QED) is 0.590. The third kappa shape index (κ3) is 3.48. The van der Waals surface area contributed by atoms with Gasteiger partial charge in [-0.25, -0.2) is 9.69 Å². The van der Waals surface area contributed by atoms with Gasteiger partial charge in [0.15, 0.2) is 0 Å². The average molecular weight is 370 g/mol. The van der Waals surface area contributed by atoms with Gasteiger partial charge >= 0.3 is 6.09 Å². The number of amides is 1. The van der Waals surface area contributed by atoms with Crippen LogP contribution in [-0.2, 0) is 11.8 Å². The number of anilines is 2. The molecule has 0 aliphatic carbocycles. The van der Waals surface area contributed by atoms with E-state index in [-0.39, 0.29) is 5.41 Å². The molecule has 2 aromatic carbocycles. The number of hydrogen-bond acceptors (Lipinski definition) is 2. The van der Waals surface area contributed by atoms with Crippen molar-refractivity contribution < 1.29 is 9.90 Å². The SMILES string of the molecule is CCCCCc1ccc2c(c1C(C)(C)C)N(C(=O)O)c1ccccc1S2. The number of benzene rings is 2. The Morgan fingerprint density at radius 3 is 2.46 bits per heavy atom. The van der Waals surface area contributed by atoms with Gasteiger partial charge in [0.1, 0.15) is 0 Å². The molecule has 26 heavy (non-hydrogen) atoms. The molecule has 0 radical (unpaired) electrons. The van der Waals surface area contributed by atoms with Gasteiger partial charge in [-0.3, -0.25) is 0 Å². The molecule has 0 saturated carbocycles. The Balaban J connectivity index is 2.21. The third-order valence-electron chi connectivity index (χ3n) is 4.77. The fraction of sp³-hybridized carbons (Fsp3) is 0.409. The van der Waals surface area contributed by atoms with E-state index in [1.807, 2.05) is 24.3 Å². The average Bonchev–Trinajstić information content (AvgIpc) is 2.58. The summed E-state index contributed by atoms with van der Waals surface area (Å²) in [4.78, 5) is 15.7. The number of carboxylic acid groups (broad SMARTS) is 1. The van der Waals surface area contributed by atoms with Gasteiger partial charge in [0, 0.05) is 9.79 Å². The van der Waals surface area contributed by atoms with Gasteiger partial charge in [0.2, 0.25) is 0 Å². The predicted molar refractivity (Wildman–Crippen MR) is 109 cm³/mol. The summed E-state index contributed by atoms with van der Waals surface area (Å²) in [6.45, 7) is 8.74. The largest absolute Gasteiger partial charge is 0.464 e. The van der Waals surface area contributed by atoms with Crippen molar-refractivity contribution >= 4 is 29.2 Å². The number of fused-ring (bicyclic) bond motifs is 2. The summed E-state index contributed by atoms with van der Waals surface area (Å²) in [6.07, 6.45) is 3.58. The topological polar surface area (TPSA) is 40.5 Å². The second kappa shape index (κ2) is 7.36. The monoisotopic (exact) mass is 369 g/mol. The van der Waals surface area contributed by atoms with Crippen LogP contribution in [0.4, 0.5) is 16.2 Å². The summed E-state index contributed by atoms with van der Waals surface area (Å²) >= 11 is 1.67. The maximum absolute atomic E-state index is 12.2. The van der Waals surface area contributed by atoms with Gasteiger partial charge in [0.25, 0.3) is 0 Å². The van der Waals surface area contributed by atoms with Crippen molar-refractivity contribution in [2.75, 3.05) is 4.90 Å². The number of aryl methyl sites for hydroxylation is 1. The molecule has 0 spiro atoms. The number of para-hydroxylation sites is 1. The normalized spacial score (nSPS) is 13.3. The third-order valence-corrected chi connectivity index (χ3v) is 5.88. The zero-order valence-electron chi connectivity index (χ0n) is 16.0. The standard InChI is InChI=1S/C22H27NO2S/c1-5-6-7-10-15-13-14-18-20(19(15)22(2,3)4)23(21(24)25)16-11-8-9-12-17(16)26-18/h8-9,11-14H,5-7,10H2,1-4H3,(H,24,25). The molecule has 1 heterocycles. The first kappa shape index (κ1) is 18.8. The molecule has 0 fully saturated rings. The van der Waals surface area contributed by atoms with E-state index in [0.29, 0.717) is 0 Å². The van der Waals surface area contributed by atoms with Crippen LogP contribution in [0.5, 0.6) is 0 Å². The van der Waals surface area contributed by atoms with Crippen molar-refractivity contribution in [2.24, 2.45) is 0 Å². The molecule has 1 N–H and O–H groups in total. The lowest BCUT2D eigenvalue weighted by molar-refractivity contribution is 0.204. The van der Waals surface area contributed by atoms with E-state index in [1.165, 1.54) is 23.3 Å². The van der Waals surface area contributed by atoms with Crippen LogP contribution >= 0.6 is 11.8 Å². The number of rotatable bonds is 4. The highest BCUT2D eigenvalue weighted by Crippen LogP contribution is 2.52. The molecule has 0 unspecified atom stereocenters. The van der Waals surface area contributed by atoms with Crippen LogP contribution in [0.2, 0.25) is 0 Å². The Labute approximate surface area is 160 Å². The molecule has 3 nitrogen and oxygen atoms in total. The first-order chi connectivity index (χ1) is 12.3. The zero-order chi connectivity index (χ0) is 18.9. The fourth-order valence-electron chi connectivity index (χ4n) is 3.69. The van der Waals surface area contributed by atoms with Crippen molar-refractivity contribution in [1.82, 2.24) is 0 Å². The van der Waals surface area contributed by atoms with Crippen molar-refractivity contribution in [1.29, 1.82) is 0 Å². The van der Waals surface area contributed by atoms with Crippen LogP contribution in [-0.4, -0.2) is 11.2 Å². The Kier molecular flexibility index (Phi) is 5.33. The minimum atomic E-state index is -0.921. The van der Waals surface area contributed by atoms with Crippen LogP contribution in [0, 0.1) is 0 Å². The highest BCUT2D eigenvalue weighted by Gasteiger charge is 2.34. The van der Waals surface area contributed by atoms with Crippen LogP contribution in [0.25, 0.3) is 0 Å². The number of unbranched alkanes of at least 4 members (excludes halogenated alkanes) is 2. The maximum Gasteiger partial charge on any atom is 0.416 e. The van der Waals surface area contributed by atoms with Crippen molar-refractivity contribution in [3.8, 4) is 0 Å². The molecule has 1 aliphatic rings. The second-order valence-corrected chi connectivity index (χ2v) is 8.93. The lowest BCUT2D eigenvalue weighted by Crippen LogP contribution is -2.30. The first-order valence-electron chi connectivity index (χ1n) is 9.31. The van der Waals surface area contributed by atoms with E-state index in [1.54, 1.807) is 11.8 Å². The molecule has 0 bridgehead atoms. The summed E-state index contributed by atoms with van der Waals surface area (Å²) in [6, 6.07) is 12.1. The molecular formula is C22H27NO2S. The van der Waals surface area contributed by atoms with E-state index in [4.69, 9.17) is 0 Å². The van der Waals surface area contributed by atoms with E-state index >= 15 is 0 Å². The lowest BCUT2D eigenvalue weighted by atomic mass is 9.80. The maximum atomic E-state index is 12.2. The van der Waals surface area contributed by atoms with E-state index in [2.05, 4.69) is 39.8 Å². The summed E-state index contributed by atoms with van der Waals surface area (Å²) in [7, 11) is 0. The van der Waals surface area contributed by atoms with Gasteiger partial charge in [-0.2, -0.15) is 0 Å². The number of carbonyl (C=O) groups is 1. The fourth-order valence-corrected chi connectivity index (χ4v) is 4.77. The molecule has 0 atom stereocenters. The molecule has 1 amide bonds. The van der Waals surface area contributed by atoms with Gasteiger partial charge in [-0.05, 0) is 47.6 Å². The smallest absolute Gasteiger partial charge is 0.416 e. The van der Waals surface area contributed by atoms with Crippen LogP contribution in [0.15, 0.2) is 46.2 Å². The summed E-state index contributed by atoms with van der Waals surface area (Å²) < 4.78 is 0. The zero-order valence-corrected chi connectivity index (χ0v) is 16.8. The number of hydrogen-bond donors (Lipinski definition) is 1. The minimum Gasteiger partial charge on any atom is -0.464 e. The number of nitrogens with zero attached hydrogens (tertiary/aromatic N) is 1.